The lowest BCUT2D eigenvalue weighted by molar-refractivity contribution is -0.00812. The molecule has 25 heavy (non-hydrogen) atoms. The second kappa shape index (κ2) is 7.89. The van der Waals surface area contributed by atoms with Crippen molar-refractivity contribution in [2.24, 2.45) is 0 Å². The van der Waals surface area contributed by atoms with Gasteiger partial charge in [0.15, 0.2) is 5.75 Å². The molecule has 2 N–H and O–H groups in total. The van der Waals surface area contributed by atoms with E-state index < -0.39 is 5.60 Å². The Morgan fingerprint density at radius 1 is 1.24 bits per heavy atom. The van der Waals surface area contributed by atoms with E-state index in [1.54, 1.807) is 0 Å². The molecule has 0 saturated carbocycles. The van der Waals surface area contributed by atoms with E-state index in [4.69, 9.17) is 4.74 Å². The molecule has 140 valence electrons. The van der Waals surface area contributed by atoms with Crippen molar-refractivity contribution in [3.8, 4) is 5.75 Å². The molecule has 7 nitrogen and oxygen atoms in total. The molecule has 0 radical (unpaired) electrons. The summed E-state index contributed by atoms with van der Waals surface area (Å²) < 4.78 is 5.62. The summed E-state index contributed by atoms with van der Waals surface area (Å²) in [4.78, 5) is 22.8. The van der Waals surface area contributed by atoms with Crippen LogP contribution in [0.5, 0.6) is 5.75 Å². The van der Waals surface area contributed by atoms with Gasteiger partial charge in [0.1, 0.15) is 5.60 Å². The fourth-order valence-electron chi connectivity index (χ4n) is 3.31. The number of nitrogens with zero attached hydrogens (tertiary/aromatic N) is 3. The number of hydrogen-bond acceptors (Lipinski definition) is 6. The van der Waals surface area contributed by atoms with Gasteiger partial charge in [0.2, 0.25) is 5.95 Å². The minimum Gasteiger partial charge on any atom is -0.505 e. The average molecular weight is 350 g/mol. The molecule has 0 bridgehead atoms. The van der Waals surface area contributed by atoms with E-state index in [2.05, 4.69) is 29.1 Å². The molecule has 1 saturated heterocycles. The highest BCUT2D eigenvalue weighted by atomic mass is 16.6. The van der Waals surface area contributed by atoms with Crippen molar-refractivity contribution in [3.05, 3.63) is 12.4 Å². The number of likely N-dealkylation sites (tertiary alicyclic amines) is 1. The van der Waals surface area contributed by atoms with Gasteiger partial charge in [-0.3, -0.25) is 0 Å². The topological polar surface area (TPSA) is 87.6 Å². The molecular formula is C18H30N4O3. The first-order valence-electron chi connectivity index (χ1n) is 9.02. The predicted molar refractivity (Wildman–Crippen MR) is 96.6 cm³/mol. The first-order chi connectivity index (χ1) is 11.7. The van der Waals surface area contributed by atoms with E-state index in [0.29, 0.717) is 5.95 Å². The zero-order chi connectivity index (χ0) is 18.6. The number of aromatic nitrogens is 2. The number of aromatic hydroxyl groups is 1. The Morgan fingerprint density at radius 3 is 2.20 bits per heavy atom. The van der Waals surface area contributed by atoms with E-state index >= 15 is 0 Å². The Morgan fingerprint density at radius 2 is 1.76 bits per heavy atom. The highest BCUT2D eigenvalue weighted by Crippen LogP contribution is 2.30. The maximum Gasteiger partial charge on any atom is 0.410 e. The number of nitrogens with one attached hydrogen (secondary N) is 1. The van der Waals surface area contributed by atoms with Crippen molar-refractivity contribution in [1.82, 2.24) is 14.9 Å². The van der Waals surface area contributed by atoms with E-state index in [-0.39, 0.29) is 30.0 Å². The number of amides is 1. The van der Waals surface area contributed by atoms with Gasteiger partial charge >= 0.3 is 6.09 Å². The zero-order valence-electron chi connectivity index (χ0n) is 15.8. The fraction of sp³-hybridized carbons (Fsp3) is 0.722. The smallest absolute Gasteiger partial charge is 0.410 e. The summed E-state index contributed by atoms with van der Waals surface area (Å²) in [5.74, 6) is 0.543. The summed E-state index contributed by atoms with van der Waals surface area (Å²) in [6.07, 6.45) is 5.88. The van der Waals surface area contributed by atoms with Gasteiger partial charge in [-0.2, -0.15) is 0 Å². The van der Waals surface area contributed by atoms with Crippen LogP contribution in [-0.2, 0) is 4.74 Å². The molecule has 1 amide bonds. The number of carbonyl (C=O) groups excluding carboxylic acids is 1. The van der Waals surface area contributed by atoms with Crippen LogP contribution in [0.1, 0.15) is 60.3 Å². The summed E-state index contributed by atoms with van der Waals surface area (Å²) in [6.45, 7) is 9.86. The molecule has 1 aromatic heterocycles. The Kier molecular flexibility index (Phi) is 6.08. The predicted octanol–water partition coefficient (Wildman–Crippen LogP) is 3.55. The molecule has 3 atom stereocenters. The van der Waals surface area contributed by atoms with E-state index in [1.165, 1.54) is 12.4 Å². The summed E-state index contributed by atoms with van der Waals surface area (Å²) in [7, 11) is 0. The van der Waals surface area contributed by atoms with Crippen LogP contribution in [0, 0.1) is 0 Å². The van der Waals surface area contributed by atoms with Crippen LogP contribution in [0.25, 0.3) is 0 Å². The molecule has 1 aliphatic heterocycles. The Bertz CT molecular complexity index is 557. The molecule has 1 aromatic rings. The van der Waals surface area contributed by atoms with Crippen LogP contribution in [0.3, 0.4) is 0 Å². The van der Waals surface area contributed by atoms with Crippen molar-refractivity contribution < 1.29 is 14.6 Å². The second-order valence-electron chi connectivity index (χ2n) is 7.59. The van der Waals surface area contributed by atoms with Gasteiger partial charge in [-0.1, -0.05) is 13.8 Å². The van der Waals surface area contributed by atoms with Crippen molar-refractivity contribution in [1.29, 1.82) is 0 Å². The van der Waals surface area contributed by atoms with E-state index in [9.17, 15) is 9.90 Å². The first kappa shape index (κ1) is 19.3. The summed E-state index contributed by atoms with van der Waals surface area (Å²) in [5.41, 5.74) is -0.497. The minimum atomic E-state index is -0.497. The standard InChI is InChI=1S/C18H30N4O3/c1-6-13-8-12(21-16-19-10-15(23)11-20-16)9-14(7-2)22(13)17(24)25-18(3,4)5/h10-14,23H,6-9H2,1-5H3,(H,19,20,21)/t12?,13-,14+. The van der Waals surface area contributed by atoms with Gasteiger partial charge in [-0.25, -0.2) is 14.8 Å². The minimum absolute atomic E-state index is 0.0446. The van der Waals surface area contributed by atoms with Crippen molar-refractivity contribution >= 4 is 12.0 Å². The van der Waals surface area contributed by atoms with E-state index in [0.717, 1.165) is 25.7 Å². The third-order valence-electron chi connectivity index (χ3n) is 4.42. The lowest BCUT2D eigenvalue weighted by atomic mass is 9.89. The number of hydrogen-bond donors (Lipinski definition) is 2. The monoisotopic (exact) mass is 350 g/mol. The normalized spacial score (nSPS) is 24.0. The zero-order valence-corrected chi connectivity index (χ0v) is 15.8. The summed E-state index contributed by atoms with van der Waals surface area (Å²) in [5, 5.41) is 12.6. The van der Waals surface area contributed by atoms with Crippen LogP contribution in [0.2, 0.25) is 0 Å². The largest absolute Gasteiger partial charge is 0.505 e. The maximum absolute atomic E-state index is 12.7. The molecule has 0 aliphatic carbocycles. The SMILES string of the molecule is CC[C@@H]1CC(Nc2ncc(O)cn2)C[C@H](CC)N1C(=O)OC(C)(C)C. The molecule has 7 heteroatoms. The molecule has 1 aliphatic rings. The average Bonchev–Trinajstić information content (AvgIpc) is 2.54. The Balaban J connectivity index is 2.10. The third-order valence-corrected chi connectivity index (χ3v) is 4.42. The molecule has 2 heterocycles. The van der Waals surface area contributed by atoms with Crippen LogP contribution in [-0.4, -0.2) is 49.8 Å². The third kappa shape index (κ3) is 5.21. The number of anilines is 1. The van der Waals surface area contributed by atoms with Crippen molar-refractivity contribution in [2.45, 2.75) is 84.0 Å². The number of carbonyl (C=O) groups is 1. The highest BCUT2D eigenvalue weighted by molar-refractivity contribution is 5.69. The lowest BCUT2D eigenvalue weighted by Crippen LogP contribution is -2.55. The van der Waals surface area contributed by atoms with Crippen LogP contribution in [0.4, 0.5) is 10.7 Å². The molecular weight excluding hydrogens is 320 g/mol. The Hall–Kier alpha value is -2.05. The molecule has 1 unspecified atom stereocenters. The first-order valence-corrected chi connectivity index (χ1v) is 9.02. The van der Waals surface area contributed by atoms with Gasteiger partial charge in [-0.15, -0.1) is 0 Å². The molecule has 1 fully saturated rings. The van der Waals surface area contributed by atoms with Crippen LogP contribution in [0.15, 0.2) is 12.4 Å². The quantitative estimate of drug-likeness (QED) is 0.863. The van der Waals surface area contributed by atoms with Gasteiger partial charge in [0.25, 0.3) is 0 Å². The number of rotatable bonds is 4. The van der Waals surface area contributed by atoms with Gasteiger partial charge in [0.05, 0.1) is 12.4 Å². The summed E-state index contributed by atoms with van der Waals surface area (Å²) >= 11 is 0. The van der Waals surface area contributed by atoms with E-state index in [1.807, 2.05) is 25.7 Å². The van der Waals surface area contributed by atoms with Crippen molar-refractivity contribution in [2.75, 3.05) is 5.32 Å². The number of ether oxygens (including phenoxy) is 1. The second-order valence-corrected chi connectivity index (χ2v) is 7.59. The molecule has 0 spiro atoms. The molecule has 0 aromatic carbocycles. The van der Waals surface area contributed by atoms with Gasteiger partial charge in [-0.05, 0) is 46.5 Å². The van der Waals surface area contributed by atoms with Crippen LogP contribution >= 0.6 is 0 Å². The lowest BCUT2D eigenvalue weighted by Gasteiger charge is -2.45. The highest BCUT2D eigenvalue weighted by Gasteiger charge is 2.39. The van der Waals surface area contributed by atoms with Gasteiger partial charge in [0, 0.05) is 18.1 Å². The fourth-order valence-corrected chi connectivity index (χ4v) is 3.31. The van der Waals surface area contributed by atoms with Crippen molar-refractivity contribution in [3.63, 3.8) is 0 Å². The Labute approximate surface area is 149 Å². The van der Waals surface area contributed by atoms with Crippen LogP contribution < -0.4 is 5.32 Å². The summed E-state index contributed by atoms with van der Waals surface area (Å²) in [6, 6.07) is 0.407. The maximum atomic E-state index is 12.7. The molecule has 2 rings (SSSR count). The number of piperidine rings is 1. The van der Waals surface area contributed by atoms with Gasteiger partial charge < -0.3 is 20.1 Å².